The summed E-state index contributed by atoms with van der Waals surface area (Å²) in [6.45, 7) is 0. The van der Waals surface area contributed by atoms with E-state index < -0.39 is 11.9 Å². The number of carbonyl (C=O) groups is 2. The third-order valence-corrected chi connectivity index (χ3v) is 4.58. The molecule has 0 unspecified atom stereocenters. The molecule has 2 aliphatic heterocycles. The van der Waals surface area contributed by atoms with E-state index in [1.807, 2.05) is 0 Å². The highest BCUT2D eigenvalue weighted by molar-refractivity contribution is 6.16. The van der Waals surface area contributed by atoms with Gasteiger partial charge in [0.05, 0.1) is 22.3 Å². The van der Waals surface area contributed by atoms with E-state index >= 15 is 0 Å². The van der Waals surface area contributed by atoms with Crippen molar-refractivity contribution in [3.05, 3.63) is 82.9 Å². The molecule has 0 spiro atoms. The fraction of sp³-hybridized carbons (Fsp3) is 0. The van der Waals surface area contributed by atoms with Gasteiger partial charge in [-0.3, -0.25) is 10.8 Å². The summed E-state index contributed by atoms with van der Waals surface area (Å²) in [5, 5.41) is 15.2. The van der Waals surface area contributed by atoms with E-state index in [0.29, 0.717) is 34.1 Å². The summed E-state index contributed by atoms with van der Waals surface area (Å²) in [5.41, 5.74) is 1.40. The van der Waals surface area contributed by atoms with Crippen molar-refractivity contribution in [3.8, 4) is 23.0 Å². The number of rotatable bonds is 4. The topological polar surface area (TPSA) is 119 Å². The zero-order valence-electron chi connectivity index (χ0n) is 15.2. The number of fused-ring (bicyclic) bond motifs is 2. The molecule has 2 heterocycles. The number of benzene rings is 3. The lowest BCUT2D eigenvalue weighted by atomic mass is 10.1. The highest BCUT2D eigenvalue weighted by Gasteiger charge is 2.28. The molecule has 0 saturated carbocycles. The van der Waals surface area contributed by atoms with Crippen molar-refractivity contribution >= 4 is 23.7 Å². The fourth-order valence-electron chi connectivity index (χ4n) is 3.19. The zero-order chi connectivity index (χ0) is 20.8. The van der Waals surface area contributed by atoms with E-state index in [0.717, 1.165) is 0 Å². The van der Waals surface area contributed by atoms with E-state index in [1.165, 1.54) is 12.1 Å². The van der Waals surface area contributed by atoms with Crippen molar-refractivity contribution in [2.24, 2.45) is 0 Å². The van der Waals surface area contributed by atoms with Gasteiger partial charge in [0.1, 0.15) is 23.0 Å². The fourth-order valence-corrected chi connectivity index (χ4v) is 3.19. The highest BCUT2D eigenvalue weighted by atomic mass is 16.6. The highest BCUT2D eigenvalue weighted by Crippen LogP contribution is 2.32. The first-order chi connectivity index (χ1) is 14.5. The molecule has 2 aliphatic rings. The summed E-state index contributed by atoms with van der Waals surface area (Å²) in [6.07, 6.45) is 0. The molecule has 0 aromatic heterocycles. The van der Waals surface area contributed by atoms with Gasteiger partial charge in [0, 0.05) is 6.07 Å². The number of hydrogen-bond donors (Lipinski definition) is 2. The van der Waals surface area contributed by atoms with Crippen LogP contribution in [0.4, 0.5) is 0 Å². The molecule has 146 valence electrons. The third-order valence-electron chi connectivity index (χ3n) is 4.58. The summed E-state index contributed by atoms with van der Waals surface area (Å²) in [7, 11) is 0. The molecular weight excluding hydrogens is 388 g/mol. The molecule has 0 amide bonds. The molecule has 0 fully saturated rings. The average Bonchev–Trinajstić information content (AvgIpc) is 3.17. The minimum absolute atomic E-state index is 0.176. The van der Waals surface area contributed by atoms with E-state index in [1.54, 1.807) is 48.5 Å². The molecule has 30 heavy (non-hydrogen) atoms. The Kier molecular flexibility index (Phi) is 3.85. The van der Waals surface area contributed by atoms with Crippen molar-refractivity contribution in [2.75, 3.05) is 0 Å². The van der Waals surface area contributed by atoms with Gasteiger partial charge in [-0.1, -0.05) is 6.07 Å². The quantitative estimate of drug-likeness (QED) is 0.632. The number of cyclic esters (lactones) is 2. The maximum absolute atomic E-state index is 11.8. The maximum atomic E-state index is 11.8. The Labute approximate surface area is 169 Å². The van der Waals surface area contributed by atoms with Crippen molar-refractivity contribution in [3.63, 3.8) is 0 Å². The molecule has 0 atom stereocenters. The molecular formula is C22H12N2O6. The van der Waals surface area contributed by atoms with Gasteiger partial charge in [0.25, 0.3) is 0 Å². The van der Waals surface area contributed by atoms with Crippen LogP contribution in [-0.4, -0.2) is 23.7 Å². The Morgan fingerprint density at radius 1 is 0.567 bits per heavy atom. The van der Waals surface area contributed by atoms with Crippen LogP contribution in [0.5, 0.6) is 23.0 Å². The van der Waals surface area contributed by atoms with Crippen LogP contribution in [0.3, 0.4) is 0 Å². The van der Waals surface area contributed by atoms with Gasteiger partial charge in [-0.2, -0.15) is 0 Å². The maximum Gasteiger partial charge on any atom is 0.345 e. The SMILES string of the molecule is N=C1OC(=O)c2cc(Oc3cccc(Oc4ccc5c(c4)C(=O)OC5=N)c3)ccc21. The van der Waals surface area contributed by atoms with Gasteiger partial charge >= 0.3 is 11.9 Å². The van der Waals surface area contributed by atoms with Crippen LogP contribution in [0.25, 0.3) is 0 Å². The first-order valence-corrected chi connectivity index (χ1v) is 8.84. The van der Waals surface area contributed by atoms with Crippen LogP contribution < -0.4 is 9.47 Å². The minimum Gasteiger partial charge on any atom is -0.457 e. The smallest absolute Gasteiger partial charge is 0.345 e. The lowest BCUT2D eigenvalue weighted by Gasteiger charge is -2.10. The Hall–Kier alpha value is -4.46. The monoisotopic (exact) mass is 400 g/mol. The van der Waals surface area contributed by atoms with Gasteiger partial charge in [-0.05, 0) is 48.5 Å². The Bertz CT molecular complexity index is 1190. The molecule has 3 aromatic carbocycles. The second-order valence-corrected chi connectivity index (χ2v) is 6.53. The Balaban J connectivity index is 1.37. The van der Waals surface area contributed by atoms with Crippen LogP contribution in [0, 0.1) is 10.8 Å². The molecule has 3 aromatic rings. The molecule has 0 bridgehead atoms. The molecule has 0 aliphatic carbocycles. The van der Waals surface area contributed by atoms with Crippen molar-refractivity contribution < 1.29 is 28.5 Å². The van der Waals surface area contributed by atoms with Crippen LogP contribution in [0.2, 0.25) is 0 Å². The van der Waals surface area contributed by atoms with Crippen LogP contribution in [0.1, 0.15) is 31.8 Å². The molecule has 8 nitrogen and oxygen atoms in total. The largest absolute Gasteiger partial charge is 0.457 e. The lowest BCUT2D eigenvalue weighted by Crippen LogP contribution is -1.97. The average molecular weight is 400 g/mol. The number of ether oxygens (including phenoxy) is 4. The predicted octanol–water partition coefficient (Wildman–Crippen LogP) is 4.26. The van der Waals surface area contributed by atoms with Gasteiger partial charge in [0.15, 0.2) is 0 Å². The zero-order valence-corrected chi connectivity index (χ0v) is 15.2. The van der Waals surface area contributed by atoms with E-state index in [4.69, 9.17) is 29.8 Å². The van der Waals surface area contributed by atoms with Crippen LogP contribution in [-0.2, 0) is 9.47 Å². The summed E-state index contributed by atoms with van der Waals surface area (Å²) >= 11 is 0. The van der Waals surface area contributed by atoms with E-state index in [9.17, 15) is 9.59 Å². The summed E-state index contributed by atoms with van der Waals surface area (Å²) in [4.78, 5) is 23.6. The number of nitrogens with one attached hydrogen (secondary N) is 2. The van der Waals surface area contributed by atoms with Gasteiger partial charge < -0.3 is 18.9 Å². The first kappa shape index (κ1) is 17.6. The predicted molar refractivity (Wildman–Crippen MR) is 104 cm³/mol. The summed E-state index contributed by atoms with van der Waals surface area (Å²) in [6, 6.07) is 16.4. The molecule has 0 saturated heterocycles. The second-order valence-electron chi connectivity index (χ2n) is 6.53. The molecule has 0 radical (unpaired) electrons. The first-order valence-electron chi connectivity index (χ1n) is 8.84. The summed E-state index contributed by atoms with van der Waals surface area (Å²) in [5.74, 6) is 0.247. The minimum atomic E-state index is -0.583. The summed E-state index contributed by atoms with van der Waals surface area (Å²) < 4.78 is 21.2. The molecule has 5 rings (SSSR count). The molecule has 2 N–H and O–H groups in total. The standard InChI is InChI=1S/C22H12N2O6/c23-19-15-6-4-13(9-17(15)21(25)29-19)27-11-2-1-3-12(8-11)28-14-5-7-16-18(10-14)22(26)30-20(16)24/h1-10,23-24H. The van der Waals surface area contributed by atoms with Crippen molar-refractivity contribution in [1.82, 2.24) is 0 Å². The normalized spacial score (nSPS) is 14.1. The van der Waals surface area contributed by atoms with E-state index in [2.05, 4.69) is 0 Å². The second kappa shape index (κ2) is 6.56. The van der Waals surface area contributed by atoms with Crippen LogP contribution >= 0.6 is 0 Å². The van der Waals surface area contributed by atoms with Crippen molar-refractivity contribution in [2.45, 2.75) is 0 Å². The van der Waals surface area contributed by atoms with Crippen molar-refractivity contribution in [1.29, 1.82) is 10.8 Å². The van der Waals surface area contributed by atoms with E-state index in [-0.39, 0.29) is 22.9 Å². The van der Waals surface area contributed by atoms with Gasteiger partial charge in [-0.15, -0.1) is 0 Å². The van der Waals surface area contributed by atoms with Gasteiger partial charge in [0.2, 0.25) is 11.8 Å². The Morgan fingerprint density at radius 2 is 1.00 bits per heavy atom. The lowest BCUT2D eigenvalue weighted by molar-refractivity contribution is 0.0725. The number of hydrogen-bond acceptors (Lipinski definition) is 8. The van der Waals surface area contributed by atoms with Gasteiger partial charge in [-0.25, -0.2) is 9.59 Å². The third kappa shape index (κ3) is 2.96. The Morgan fingerprint density at radius 3 is 1.47 bits per heavy atom. The number of esters is 2. The molecule has 8 heteroatoms. The number of carbonyl (C=O) groups excluding carboxylic acids is 2. The van der Waals surface area contributed by atoms with Crippen LogP contribution in [0.15, 0.2) is 60.7 Å².